The molecule has 102 valence electrons. The van der Waals surface area contributed by atoms with Crippen LogP contribution in [0.3, 0.4) is 0 Å². The number of aliphatic imine (C=N–C) groups is 1. The summed E-state index contributed by atoms with van der Waals surface area (Å²) in [6, 6.07) is 15.5. The van der Waals surface area contributed by atoms with Gasteiger partial charge in [0.05, 0.1) is 5.69 Å². The fraction of sp³-hybridized carbons (Fsp3) is 0.222. The van der Waals surface area contributed by atoms with Crippen LogP contribution in [-0.4, -0.2) is 11.5 Å². The molecule has 0 aliphatic heterocycles. The average molecular weight is 265 g/mol. The molecule has 0 spiro atoms. The molecule has 0 aliphatic carbocycles. The molecule has 2 nitrogen and oxygen atoms in total. The van der Waals surface area contributed by atoms with E-state index in [-0.39, 0.29) is 5.78 Å². The van der Waals surface area contributed by atoms with E-state index in [2.05, 4.69) is 4.99 Å². The molecule has 0 unspecified atom stereocenters. The number of nitrogens with zero attached hydrogens (tertiary/aromatic N) is 1. The van der Waals surface area contributed by atoms with Gasteiger partial charge in [-0.15, -0.1) is 0 Å². The number of para-hydroxylation sites is 1. The molecule has 2 rings (SSSR count). The van der Waals surface area contributed by atoms with Crippen LogP contribution in [0.25, 0.3) is 0 Å². The summed E-state index contributed by atoms with van der Waals surface area (Å²) in [6.07, 6.45) is 0.359. The first-order valence-corrected chi connectivity index (χ1v) is 6.76. The zero-order valence-electron chi connectivity index (χ0n) is 12.2. The Balaban J connectivity index is 2.18. The Morgan fingerprint density at radius 2 is 1.55 bits per heavy atom. The fourth-order valence-corrected chi connectivity index (χ4v) is 2.17. The van der Waals surface area contributed by atoms with Crippen LogP contribution >= 0.6 is 0 Å². The van der Waals surface area contributed by atoms with Gasteiger partial charge in [-0.3, -0.25) is 9.79 Å². The van der Waals surface area contributed by atoms with E-state index < -0.39 is 0 Å². The topological polar surface area (TPSA) is 29.4 Å². The Labute approximate surface area is 120 Å². The maximum atomic E-state index is 12.1. The number of benzene rings is 2. The third-order valence-corrected chi connectivity index (χ3v) is 3.25. The van der Waals surface area contributed by atoms with Gasteiger partial charge in [-0.1, -0.05) is 48.5 Å². The summed E-state index contributed by atoms with van der Waals surface area (Å²) >= 11 is 0. The number of hydrogen-bond acceptors (Lipinski definition) is 2. The number of ketones is 1. The van der Waals surface area contributed by atoms with Crippen molar-refractivity contribution >= 4 is 17.2 Å². The smallest absolute Gasteiger partial charge is 0.168 e. The number of aryl methyl sites for hydroxylation is 2. The summed E-state index contributed by atoms with van der Waals surface area (Å²) in [5.74, 6) is 0.109. The van der Waals surface area contributed by atoms with Gasteiger partial charge >= 0.3 is 0 Å². The highest BCUT2D eigenvalue weighted by Gasteiger charge is 2.08. The van der Waals surface area contributed by atoms with Crippen molar-refractivity contribution in [2.75, 3.05) is 0 Å². The van der Waals surface area contributed by atoms with Crippen LogP contribution in [0.15, 0.2) is 53.5 Å². The highest BCUT2D eigenvalue weighted by atomic mass is 16.1. The van der Waals surface area contributed by atoms with Gasteiger partial charge in [-0.05, 0) is 31.9 Å². The van der Waals surface area contributed by atoms with Gasteiger partial charge in [0, 0.05) is 17.7 Å². The molecule has 2 heteroatoms. The molecule has 0 aromatic heterocycles. The quantitative estimate of drug-likeness (QED) is 0.583. The Bertz CT molecular complexity index is 621. The molecule has 0 atom stereocenters. The number of carbonyl (C=O) groups excluding carboxylic acids is 1. The lowest BCUT2D eigenvalue weighted by atomic mass is 10.1. The molecule has 2 aromatic rings. The first kappa shape index (κ1) is 14.2. The van der Waals surface area contributed by atoms with Crippen LogP contribution in [0.5, 0.6) is 0 Å². The Kier molecular flexibility index (Phi) is 4.46. The van der Waals surface area contributed by atoms with E-state index in [1.54, 1.807) is 0 Å². The van der Waals surface area contributed by atoms with Crippen molar-refractivity contribution in [2.24, 2.45) is 4.99 Å². The SMILES string of the molecule is C/C(CC(=O)c1ccccc1)=N/c1c(C)cccc1C. The van der Waals surface area contributed by atoms with Crippen LogP contribution in [0.2, 0.25) is 0 Å². The van der Waals surface area contributed by atoms with Gasteiger partial charge < -0.3 is 0 Å². The van der Waals surface area contributed by atoms with Gasteiger partial charge in [0.2, 0.25) is 0 Å². The zero-order valence-corrected chi connectivity index (χ0v) is 12.2. The van der Waals surface area contributed by atoms with E-state index >= 15 is 0 Å². The number of rotatable bonds is 4. The maximum absolute atomic E-state index is 12.1. The summed E-state index contributed by atoms with van der Waals surface area (Å²) in [5, 5.41) is 0. The van der Waals surface area contributed by atoms with Gasteiger partial charge in [0.25, 0.3) is 0 Å². The lowest BCUT2D eigenvalue weighted by molar-refractivity contribution is 0.100. The third-order valence-electron chi connectivity index (χ3n) is 3.25. The van der Waals surface area contributed by atoms with Crippen LogP contribution < -0.4 is 0 Å². The van der Waals surface area contributed by atoms with Gasteiger partial charge in [0.15, 0.2) is 5.78 Å². The van der Waals surface area contributed by atoms with E-state index in [4.69, 9.17) is 0 Å². The number of Topliss-reactive ketones (excluding diaryl/α,β-unsaturated/α-hetero) is 1. The van der Waals surface area contributed by atoms with Crippen molar-refractivity contribution in [1.29, 1.82) is 0 Å². The molecule has 0 radical (unpaired) electrons. The minimum atomic E-state index is 0.109. The van der Waals surface area contributed by atoms with Crippen LogP contribution in [0.1, 0.15) is 34.8 Å². The minimum absolute atomic E-state index is 0.109. The molecule has 0 aliphatic rings. The largest absolute Gasteiger partial charge is 0.294 e. The molecular formula is C18H19NO. The molecule has 0 saturated heterocycles. The molecule has 0 saturated carbocycles. The predicted octanol–water partition coefficient (Wildman–Crippen LogP) is 4.67. The second kappa shape index (κ2) is 6.29. The Hall–Kier alpha value is -2.22. The van der Waals surface area contributed by atoms with E-state index in [1.807, 2.05) is 69.3 Å². The van der Waals surface area contributed by atoms with E-state index in [1.165, 1.54) is 0 Å². The van der Waals surface area contributed by atoms with Crippen LogP contribution in [0, 0.1) is 13.8 Å². The van der Waals surface area contributed by atoms with Crippen molar-refractivity contribution in [3.63, 3.8) is 0 Å². The number of carbonyl (C=O) groups is 1. The first-order chi connectivity index (χ1) is 9.58. The maximum Gasteiger partial charge on any atom is 0.168 e. The highest BCUT2D eigenvalue weighted by Crippen LogP contribution is 2.23. The lowest BCUT2D eigenvalue weighted by Gasteiger charge is -2.06. The predicted molar refractivity (Wildman–Crippen MR) is 84.1 cm³/mol. The van der Waals surface area contributed by atoms with Crippen LogP contribution in [-0.2, 0) is 0 Å². The first-order valence-electron chi connectivity index (χ1n) is 6.76. The second-order valence-electron chi connectivity index (χ2n) is 5.05. The summed E-state index contributed by atoms with van der Waals surface area (Å²) in [7, 11) is 0. The standard InChI is InChI=1S/C18H19NO/c1-13-8-7-9-14(2)18(13)19-15(3)12-17(20)16-10-5-4-6-11-16/h4-11H,12H2,1-3H3/b19-15-. The molecule has 2 aromatic carbocycles. The summed E-state index contributed by atoms with van der Waals surface area (Å²) in [5.41, 5.74) is 4.83. The highest BCUT2D eigenvalue weighted by molar-refractivity contribution is 6.09. The summed E-state index contributed by atoms with van der Waals surface area (Å²) in [4.78, 5) is 16.8. The fourth-order valence-electron chi connectivity index (χ4n) is 2.17. The Morgan fingerprint density at radius 3 is 2.15 bits per heavy atom. The Morgan fingerprint density at radius 1 is 0.950 bits per heavy atom. The third kappa shape index (κ3) is 3.41. The van der Waals surface area contributed by atoms with Crippen LogP contribution in [0.4, 0.5) is 5.69 Å². The van der Waals surface area contributed by atoms with E-state index in [0.29, 0.717) is 6.42 Å². The monoisotopic (exact) mass is 265 g/mol. The molecular weight excluding hydrogens is 246 g/mol. The molecule has 0 heterocycles. The second-order valence-corrected chi connectivity index (χ2v) is 5.05. The summed E-state index contributed by atoms with van der Waals surface area (Å²) in [6.45, 7) is 5.99. The molecule has 0 amide bonds. The van der Waals surface area contributed by atoms with Gasteiger partial charge in [0.1, 0.15) is 0 Å². The normalized spacial score (nSPS) is 11.4. The molecule has 0 bridgehead atoms. The number of hydrogen-bond donors (Lipinski definition) is 0. The molecule has 0 N–H and O–H groups in total. The summed E-state index contributed by atoms with van der Waals surface area (Å²) < 4.78 is 0. The van der Waals surface area contributed by atoms with Gasteiger partial charge in [-0.2, -0.15) is 0 Å². The molecule has 20 heavy (non-hydrogen) atoms. The lowest BCUT2D eigenvalue weighted by Crippen LogP contribution is -2.05. The van der Waals surface area contributed by atoms with E-state index in [0.717, 1.165) is 28.1 Å². The average Bonchev–Trinajstić information content (AvgIpc) is 2.44. The van der Waals surface area contributed by atoms with Gasteiger partial charge in [-0.25, -0.2) is 0 Å². The van der Waals surface area contributed by atoms with Crippen molar-refractivity contribution in [1.82, 2.24) is 0 Å². The van der Waals surface area contributed by atoms with Crippen molar-refractivity contribution in [3.8, 4) is 0 Å². The molecule has 0 fully saturated rings. The van der Waals surface area contributed by atoms with Crippen molar-refractivity contribution < 1.29 is 4.79 Å². The van der Waals surface area contributed by atoms with Crippen molar-refractivity contribution in [2.45, 2.75) is 27.2 Å². The van der Waals surface area contributed by atoms with E-state index in [9.17, 15) is 4.79 Å². The van der Waals surface area contributed by atoms with Crippen molar-refractivity contribution in [3.05, 3.63) is 65.2 Å². The minimum Gasteiger partial charge on any atom is -0.294 e. The zero-order chi connectivity index (χ0) is 14.5.